The maximum Gasteiger partial charge on any atom is 0.264 e. The van der Waals surface area contributed by atoms with Gasteiger partial charge in [-0.2, -0.15) is 0 Å². The van der Waals surface area contributed by atoms with E-state index >= 15 is 0 Å². The first-order chi connectivity index (χ1) is 11.7. The van der Waals surface area contributed by atoms with Gasteiger partial charge in [0.1, 0.15) is 5.69 Å². The van der Waals surface area contributed by atoms with Gasteiger partial charge in [-0.1, -0.05) is 6.07 Å². The summed E-state index contributed by atoms with van der Waals surface area (Å²) >= 11 is 1.47. The van der Waals surface area contributed by atoms with Gasteiger partial charge in [-0.15, -0.1) is 11.3 Å². The average molecular weight is 339 g/mol. The highest BCUT2D eigenvalue weighted by atomic mass is 32.1. The summed E-state index contributed by atoms with van der Waals surface area (Å²) in [7, 11) is 0. The highest BCUT2D eigenvalue weighted by Crippen LogP contribution is 2.32. The summed E-state index contributed by atoms with van der Waals surface area (Å²) in [4.78, 5) is 32.0. The fourth-order valence-electron chi connectivity index (χ4n) is 3.09. The number of rotatable bonds is 3. The summed E-state index contributed by atoms with van der Waals surface area (Å²) in [6, 6.07) is 5.60. The van der Waals surface area contributed by atoms with Crippen molar-refractivity contribution >= 4 is 17.2 Å². The number of H-pyrrole nitrogens is 1. The van der Waals surface area contributed by atoms with Crippen LogP contribution in [0.5, 0.6) is 0 Å². The molecule has 0 saturated carbocycles. The van der Waals surface area contributed by atoms with Gasteiger partial charge >= 0.3 is 0 Å². The fraction of sp³-hybridized carbons (Fsp3) is 0.294. The van der Waals surface area contributed by atoms with E-state index in [-0.39, 0.29) is 11.9 Å². The van der Waals surface area contributed by atoms with E-state index in [0.29, 0.717) is 5.82 Å². The van der Waals surface area contributed by atoms with Crippen LogP contribution in [0.1, 0.15) is 40.1 Å². The first-order valence-electron chi connectivity index (χ1n) is 7.92. The predicted octanol–water partition coefficient (Wildman–Crippen LogP) is 3.21. The zero-order valence-electron chi connectivity index (χ0n) is 13.3. The molecule has 1 fully saturated rings. The summed E-state index contributed by atoms with van der Waals surface area (Å²) < 4.78 is 0. The van der Waals surface area contributed by atoms with Gasteiger partial charge in [0.25, 0.3) is 5.91 Å². The van der Waals surface area contributed by atoms with Crippen molar-refractivity contribution in [1.82, 2.24) is 24.8 Å². The molecule has 6 nitrogen and oxygen atoms in total. The van der Waals surface area contributed by atoms with Crippen molar-refractivity contribution < 1.29 is 4.79 Å². The number of amides is 1. The average Bonchev–Trinajstić information content (AvgIpc) is 3.36. The van der Waals surface area contributed by atoms with Crippen LogP contribution in [0.25, 0.3) is 11.5 Å². The molecule has 0 aliphatic carbocycles. The van der Waals surface area contributed by atoms with Crippen molar-refractivity contribution in [2.75, 3.05) is 6.54 Å². The van der Waals surface area contributed by atoms with Crippen LogP contribution in [0.3, 0.4) is 0 Å². The molecule has 1 amide bonds. The summed E-state index contributed by atoms with van der Waals surface area (Å²) in [5.41, 5.74) is 1.64. The number of likely N-dealkylation sites (tertiary alicyclic amines) is 1. The lowest BCUT2D eigenvalue weighted by atomic mass is 10.2. The van der Waals surface area contributed by atoms with Crippen LogP contribution in [0, 0.1) is 6.92 Å². The molecule has 3 aromatic rings. The van der Waals surface area contributed by atoms with Crippen molar-refractivity contribution in [2.24, 2.45) is 0 Å². The van der Waals surface area contributed by atoms with Gasteiger partial charge in [0.05, 0.1) is 10.9 Å². The molecule has 1 aliphatic rings. The Morgan fingerprint density at radius 2 is 2.33 bits per heavy atom. The molecule has 0 bridgehead atoms. The van der Waals surface area contributed by atoms with E-state index in [2.05, 4.69) is 19.9 Å². The number of carbonyl (C=O) groups is 1. The molecule has 1 atom stereocenters. The van der Waals surface area contributed by atoms with Gasteiger partial charge in [0.15, 0.2) is 11.6 Å². The van der Waals surface area contributed by atoms with Crippen LogP contribution < -0.4 is 0 Å². The van der Waals surface area contributed by atoms with Crippen molar-refractivity contribution in [3.05, 3.63) is 52.4 Å². The highest BCUT2D eigenvalue weighted by Gasteiger charge is 2.33. The lowest BCUT2D eigenvalue weighted by Gasteiger charge is -2.23. The van der Waals surface area contributed by atoms with Crippen molar-refractivity contribution in [3.8, 4) is 11.5 Å². The fourth-order valence-corrected chi connectivity index (χ4v) is 3.77. The molecule has 4 rings (SSSR count). The number of imidazole rings is 1. The second-order valence-electron chi connectivity index (χ2n) is 5.82. The molecule has 1 saturated heterocycles. The topological polar surface area (TPSA) is 74.8 Å². The van der Waals surface area contributed by atoms with Crippen LogP contribution in [0.4, 0.5) is 0 Å². The van der Waals surface area contributed by atoms with E-state index in [1.807, 2.05) is 35.4 Å². The van der Waals surface area contributed by atoms with Crippen molar-refractivity contribution in [3.63, 3.8) is 0 Å². The third-order valence-electron chi connectivity index (χ3n) is 4.16. The maximum atomic E-state index is 12.8. The van der Waals surface area contributed by atoms with Crippen molar-refractivity contribution in [1.29, 1.82) is 0 Å². The lowest BCUT2D eigenvalue weighted by Crippen LogP contribution is -2.31. The maximum absolute atomic E-state index is 12.8. The molecule has 0 spiro atoms. The number of aryl methyl sites for hydroxylation is 1. The van der Waals surface area contributed by atoms with Crippen LogP contribution in [0.15, 0.2) is 36.0 Å². The highest BCUT2D eigenvalue weighted by molar-refractivity contribution is 7.12. The standard InChI is InChI=1S/C17H17N5OS/c1-11-10-12(15-18-6-7-19-15)21-16(20-11)13-4-2-8-22(13)17(23)14-5-3-9-24-14/h3,5-7,9-10,13H,2,4,8H2,1H3,(H,18,19)/t13-/m1/s1. The normalized spacial score (nSPS) is 17.4. The van der Waals surface area contributed by atoms with Gasteiger partial charge in [-0.3, -0.25) is 4.79 Å². The second kappa shape index (κ2) is 6.16. The molecule has 4 heterocycles. The number of hydrogen-bond donors (Lipinski definition) is 1. The number of hydrogen-bond acceptors (Lipinski definition) is 5. The zero-order chi connectivity index (χ0) is 16.5. The molecular formula is C17H17N5OS. The molecular weight excluding hydrogens is 322 g/mol. The number of aromatic nitrogens is 4. The van der Waals surface area contributed by atoms with E-state index in [0.717, 1.165) is 41.5 Å². The quantitative estimate of drug-likeness (QED) is 0.795. The number of nitrogens with one attached hydrogen (secondary N) is 1. The molecule has 7 heteroatoms. The van der Waals surface area contributed by atoms with Gasteiger partial charge in [-0.25, -0.2) is 15.0 Å². The number of carbonyl (C=O) groups excluding carboxylic acids is 1. The molecule has 1 aliphatic heterocycles. The third kappa shape index (κ3) is 2.71. The lowest BCUT2D eigenvalue weighted by molar-refractivity contribution is 0.0734. The van der Waals surface area contributed by atoms with Gasteiger partial charge in [-0.05, 0) is 37.3 Å². The Labute approximate surface area is 143 Å². The third-order valence-corrected chi connectivity index (χ3v) is 5.01. The smallest absolute Gasteiger partial charge is 0.264 e. The molecule has 0 aromatic carbocycles. The first-order valence-corrected chi connectivity index (χ1v) is 8.80. The Bertz CT molecular complexity index is 844. The van der Waals surface area contributed by atoms with Crippen LogP contribution in [-0.2, 0) is 0 Å². The molecule has 0 unspecified atom stereocenters. The van der Waals surface area contributed by atoms with E-state index in [9.17, 15) is 4.79 Å². The molecule has 122 valence electrons. The Balaban J connectivity index is 1.68. The minimum Gasteiger partial charge on any atom is -0.343 e. The summed E-state index contributed by atoms with van der Waals surface area (Å²) in [6.45, 7) is 2.69. The van der Waals surface area contributed by atoms with Crippen LogP contribution in [-0.4, -0.2) is 37.3 Å². The summed E-state index contributed by atoms with van der Waals surface area (Å²) in [5.74, 6) is 1.48. The zero-order valence-corrected chi connectivity index (χ0v) is 14.1. The first kappa shape index (κ1) is 15.0. The molecule has 24 heavy (non-hydrogen) atoms. The summed E-state index contributed by atoms with van der Waals surface area (Å²) in [6.07, 6.45) is 5.33. The van der Waals surface area contributed by atoms with E-state index in [1.54, 1.807) is 12.4 Å². The Kier molecular flexibility index (Phi) is 3.86. The SMILES string of the molecule is Cc1cc(-c2ncc[nH]2)nc([C@H]2CCCN2C(=O)c2cccs2)n1. The van der Waals surface area contributed by atoms with Gasteiger partial charge < -0.3 is 9.88 Å². The van der Waals surface area contributed by atoms with E-state index in [4.69, 9.17) is 0 Å². The molecule has 3 aromatic heterocycles. The number of thiophene rings is 1. The number of aromatic amines is 1. The summed E-state index contributed by atoms with van der Waals surface area (Å²) in [5, 5.41) is 1.93. The Hall–Kier alpha value is -2.54. The predicted molar refractivity (Wildman–Crippen MR) is 91.7 cm³/mol. The minimum absolute atomic E-state index is 0.0668. The van der Waals surface area contributed by atoms with Crippen molar-refractivity contribution in [2.45, 2.75) is 25.8 Å². The minimum atomic E-state index is -0.0757. The Morgan fingerprint density at radius 1 is 1.42 bits per heavy atom. The Morgan fingerprint density at radius 3 is 3.08 bits per heavy atom. The van der Waals surface area contributed by atoms with E-state index < -0.39 is 0 Å². The molecule has 1 N–H and O–H groups in total. The van der Waals surface area contributed by atoms with Gasteiger partial charge in [0, 0.05) is 24.6 Å². The van der Waals surface area contributed by atoms with Crippen LogP contribution in [0.2, 0.25) is 0 Å². The largest absolute Gasteiger partial charge is 0.343 e. The van der Waals surface area contributed by atoms with E-state index in [1.165, 1.54) is 11.3 Å². The monoisotopic (exact) mass is 339 g/mol. The number of nitrogens with zero attached hydrogens (tertiary/aromatic N) is 4. The molecule has 0 radical (unpaired) electrons. The van der Waals surface area contributed by atoms with Crippen LogP contribution >= 0.6 is 11.3 Å². The van der Waals surface area contributed by atoms with Gasteiger partial charge in [0.2, 0.25) is 0 Å². The second-order valence-corrected chi connectivity index (χ2v) is 6.77.